The molecule has 0 saturated carbocycles. The van der Waals surface area contributed by atoms with Crippen LogP contribution in [-0.2, 0) is 14.3 Å². The summed E-state index contributed by atoms with van der Waals surface area (Å²) in [6.45, 7) is 2.33. The van der Waals surface area contributed by atoms with Crippen molar-refractivity contribution in [3.05, 3.63) is 0 Å². The molecule has 0 amide bonds. The van der Waals surface area contributed by atoms with Crippen molar-refractivity contribution in [1.29, 1.82) is 0 Å². The number of ether oxygens (including phenoxy) is 1. The molecule has 0 unspecified atom stereocenters. The second-order valence-electron chi connectivity index (χ2n) is 5.66. The lowest BCUT2D eigenvalue weighted by molar-refractivity contribution is -0.158. The molecule has 0 aromatic heterocycles. The molecule has 0 aromatic carbocycles. The van der Waals surface area contributed by atoms with Gasteiger partial charge in [-0.2, -0.15) is 0 Å². The molecule has 5 nitrogen and oxygen atoms in total. The topological polar surface area (TPSA) is 90.4 Å². The van der Waals surface area contributed by atoms with Crippen molar-refractivity contribution in [2.75, 3.05) is 13.6 Å². The summed E-state index contributed by atoms with van der Waals surface area (Å²) in [7, 11) is 1.65. The Morgan fingerprint density at radius 2 is 1.23 bits per heavy atom. The van der Waals surface area contributed by atoms with Crippen molar-refractivity contribution in [2.24, 2.45) is 0 Å². The maximum Gasteiger partial charge on any atom is 0.327 e. The first-order valence-corrected chi connectivity index (χ1v) is 8.58. The second-order valence-corrected chi connectivity index (χ2v) is 5.66. The van der Waals surface area contributed by atoms with Crippen molar-refractivity contribution < 1.29 is 14.3 Å². The fourth-order valence-corrected chi connectivity index (χ4v) is 2.29. The molecular weight excluding hydrogens is 280 g/mol. The van der Waals surface area contributed by atoms with Crippen LogP contribution in [0.1, 0.15) is 84.0 Å². The molecule has 132 valence electrons. The van der Waals surface area contributed by atoms with Gasteiger partial charge in [-0.1, -0.05) is 71.1 Å². The van der Waals surface area contributed by atoms with Crippen LogP contribution in [0.5, 0.6) is 0 Å². The van der Waals surface area contributed by atoms with Gasteiger partial charge in [0.05, 0.1) is 6.54 Å². The number of hydrogen-bond donors (Lipinski definition) is 2. The van der Waals surface area contributed by atoms with E-state index in [1.165, 1.54) is 57.8 Å². The molecule has 0 aliphatic heterocycles. The van der Waals surface area contributed by atoms with Crippen LogP contribution in [0.4, 0.5) is 0 Å². The second kappa shape index (κ2) is 18.1. The van der Waals surface area contributed by atoms with Gasteiger partial charge in [0, 0.05) is 6.42 Å². The number of unbranched alkanes of at least 4 members (excludes halogenated alkanes) is 10. The number of esters is 2. The van der Waals surface area contributed by atoms with Crippen molar-refractivity contribution >= 4 is 11.9 Å². The molecule has 0 rings (SSSR count). The Hall–Kier alpha value is -0.940. The summed E-state index contributed by atoms with van der Waals surface area (Å²) in [5, 5.41) is 2.66. The molecule has 0 aromatic rings. The molecule has 5 heteroatoms. The zero-order valence-electron chi connectivity index (χ0n) is 14.6. The average molecular weight is 316 g/mol. The molecule has 0 atom stereocenters. The molecule has 0 saturated heterocycles. The third-order valence-electron chi connectivity index (χ3n) is 3.53. The zero-order chi connectivity index (χ0) is 15.8. The van der Waals surface area contributed by atoms with Crippen molar-refractivity contribution in [1.82, 2.24) is 11.5 Å². The Bertz CT molecular complexity index is 271. The monoisotopic (exact) mass is 316 g/mol. The number of carbonyl (C=O) groups excluding carboxylic acids is 2. The van der Waals surface area contributed by atoms with Gasteiger partial charge in [-0.05, 0) is 13.5 Å². The number of nitrogens with one attached hydrogen (secondary N) is 1. The van der Waals surface area contributed by atoms with E-state index >= 15 is 0 Å². The van der Waals surface area contributed by atoms with E-state index in [1.54, 1.807) is 7.05 Å². The van der Waals surface area contributed by atoms with Crippen LogP contribution < -0.4 is 11.5 Å². The van der Waals surface area contributed by atoms with Crippen LogP contribution in [0.2, 0.25) is 0 Å². The Morgan fingerprint density at radius 1 is 0.773 bits per heavy atom. The normalized spacial score (nSPS) is 10.1. The van der Waals surface area contributed by atoms with E-state index in [-0.39, 0.29) is 12.7 Å². The highest BCUT2D eigenvalue weighted by Crippen LogP contribution is 2.12. The van der Waals surface area contributed by atoms with Crippen LogP contribution in [0.3, 0.4) is 0 Å². The summed E-state index contributed by atoms with van der Waals surface area (Å²) in [6, 6.07) is 0. The fourth-order valence-electron chi connectivity index (χ4n) is 2.29. The predicted molar refractivity (Wildman–Crippen MR) is 91.1 cm³/mol. The molecule has 0 bridgehead atoms. The van der Waals surface area contributed by atoms with Gasteiger partial charge in [0.25, 0.3) is 0 Å². The van der Waals surface area contributed by atoms with Crippen molar-refractivity contribution in [2.45, 2.75) is 84.0 Å². The molecule has 22 heavy (non-hydrogen) atoms. The van der Waals surface area contributed by atoms with E-state index in [4.69, 9.17) is 0 Å². The molecule has 0 aliphatic carbocycles. The number of likely N-dealkylation sites (N-methyl/N-ethyl adjacent to an activating group) is 1. The Morgan fingerprint density at radius 3 is 1.68 bits per heavy atom. The Kier molecular flexibility index (Phi) is 19.2. The van der Waals surface area contributed by atoms with Gasteiger partial charge >= 0.3 is 11.9 Å². The van der Waals surface area contributed by atoms with Crippen molar-refractivity contribution in [3.8, 4) is 0 Å². The first-order valence-electron chi connectivity index (χ1n) is 8.58. The molecule has 0 heterocycles. The van der Waals surface area contributed by atoms with Crippen LogP contribution >= 0.6 is 0 Å². The number of hydrogen-bond acceptors (Lipinski definition) is 5. The minimum Gasteiger partial charge on any atom is -0.392 e. The van der Waals surface area contributed by atoms with Crippen LogP contribution in [0, 0.1) is 0 Å². The first-order chi connectivity index (χ1) is 10.2. The summed E-state index contributed by atoms with van der Waals surface area (Å²) < 4.78 is 4.64. The van der Waals surface area contributed by atoms with Gasteiger partial charge in [0.15, 0.2) is 0 Å². The lowest BCUT2D eigenvalue weighted by atomic mass is 10.1. The smallest absolute Gasteiger partial charge is 0.327 e. The lowest BCUT2D eigenvalue weighted by Crippen LogP contribution is -2.23. The molecular formula is C17H36N2O3. The third kappa shape index (κ3) is 17.1. The van der Waals surface area contributed by atoms with E-state index in [0.29, 0.717) is 6.42 Å². The minimum absolute atomic E-state index is 0. The summed E-state index contributed by atoms with van der Waals surface area (Å²) in [4.78, 5) is 22.4. The van der Waals surface area contributed by atoms with E-state index < -0.39 is 11.9 Å². The van der Waals surface area contributed by atoms with Gasteiger partial charge in [0.2, 0.25) is 0 Å². The van der Waals surface area contributed by atoms with Gasteiger partial charge < -0.3 is 16.2 Å². The first kappa shape index (κ1) is 23.3. The summed E-state index contributed by atoms with van der Waals surface area (Å²) in [6.07, 6.45) is 14.1. The van der Waals surface area contributed by atoms with Crippen LogP contribution in [-0.4, -0.2) is 25.5 Å². The van der Waals surface area contributed by atoms with Gasteiger partial charge in [-0.25, -0.2) is 0 Å². The van der Waals surface area contributed by atoms with E-state index in [2.05, 4.69) is 17.0 Å². The maximum absolute atomic E-state index is 11.3. The Labute approximate surface area is 136 Å². The zero-order valence-corrected chi connectivity index (χ0v) is 14.6. The summed E-state index contributed by atoms with van der Waals surface area (Å²) in [5.74, 6) is -0.892. The Balaban J connectivity index is 0. The van der Waals surface area contributed by atoms with Gasteiger partial charge in [-0.3, -0.25) is 9.59 Å². The highest BCUT2D eigenvalue weighted by molar-refractivity contribution is 5.86. The lowest BCUT2D eigenvalue weighted by Gasteiger charge is -2.03. The molecule has 4 N–H and O–H groups in total. The minimum atomic E-state index is -0.495. The standard InChI is InChI=1S/C17H33NO3.H3N/c1-3-4-5-6-7-8-9-10-11-12-13-14-16(19)21-17(20)15-18-2;/h18H,3-15H2,1-2H3;1H3. The number of carbonyl (C=O) groups is 2. The van der Waals surface area contributed by atoms with Crippen molar-refractivity contribution in [3.63, 3.8) is 0 Å². The predicted octanol–water partition coefficient (Wildman–Crippen LogP) is 4.14. The fraction of sp³-hybridized carbons (Fsp3) is 0.882. The largest absolute Gasteiger partial charge is 0.392 e. The number of rotatable bonds is 14. The molecule has 0 aliphatic rings. The average Bonchev–Trinajstić information content (AvgIpc) is 2.45. The SMILES string of the molecule is CCCCCCCCCCCCCC(=O)OC(=O)CNC.N. The van der Waals surface area contributed by atoms with E-state index in [9.17, 15) is 9.59 Å². The highest BCUT2D eigenvalue weighted by atomic mass is 16.6. The summed E-state index contributed by atoms with van der Waals surface area (Å²) in [5.41, 5.74) is 0. The van der Waals surface area contributed by atoms with E-state index in [0.717, 1.165) is 12.8 Å². The van der Waals surface area contributed by atoms with Crippen LogP contribution in [0.15, 0.2) is 0 Å². The maximum atomic E-state index is 11.3. The summed E-state index contributed by atoms with van der Waals surface area (Å²) >= 11 is 0. The molecule has 0 radical (unpaired) electrons. The van der Waals surface area contributed by atoms with Crippen LogP contribution in [0.25, 0.3) is 0 Å². The quantitative estimate of drug-likeness (QED) is 0.285. The van der Waals surface area contributed by atoms with Gasteiger partial charge in [-0.15, -0.1) is 0 Å². The highest BCUT2D eigenvalue weighted by Gasteiger charge is 2.08. The molecule has 0 spiro atoms. The molecule has 0 fully saturated rings. The third-order valence-corrected chi connectivity index (χ3v) is 3.53. The van der Waals surface area contributed by atoms with Gasteiger partial charge in [0.1, 0.15) is 0 Å². The van der Waals surface area contributed by atoms with E-state index in [1.807, 2.05) is 0 Å².